The number of nitrogen functional groups attached to an aromatic ring is 1. The van der Waals surface area contributed by atoms with Crippen LogP contribution in [0.5, 0.6) is 0 Å². The van der Waals surface area contributed by atoms with Crippen molar-refractivity contribution < 1.29 is 14.3 Å². The van der Waals surface area contributed by atoms with Crippen molar-refractivity contribution in [2.45, 2.75) is 45.3 Å². The summed E-state index contributed by atoms with van der Waals surface area (Å²) in [6.45, 7) is 6.87. The van der Waals surface area contributed by atoms with Crippen molar-refractivity contribution in [1.82, 2.24) is 15.3 Å². The van der Waals surface area contributed by atoms with Crippen LogP contribution < -0.4 is 21.7 Å². The predicted octanol–water partition coefficient (Wildman–Crippen LogP) is 4.75. The van der Waals surface area contributed by atoms with Gasteiger partial charge in [0.2, 0.25) is 5.95 Å². The lowest BCUT2D eigenvalue weighted by Crippen LogP contribution is -2.46. The van der Waals surface area contributed by atoms with Gasteiger partial charge in [-0.2, -0.15) is 0 Å². The standard InChI is InChI=1S/C25H28N6O3S2/c1-25(2,3)34-24(33)28-13-8-10-31(11-9-13)23-29-19(15-12-35-16-7-5-4-6-14(15)16)17-18(26)20(21(27)32)36-22(17)30-23/h4-7,12-13H,8-11,26H2,1-3H3,(H2,27,32)(H,28,33). The van der Waals surface area contributed by atoms with Crippen LogP contribution in [-0.4, -0.2) is 46.7 Å². The molecule has 1 aliphatic heterocycles. The number of ether oxygens (including phenoxy) is 1. The first-order chi connectivity index (χ1) is 17.1. The van der Waals surface area contributed by atoms with Crippen molar-refractivity contribution in [3.05, 3.63) is 34.5 Å². The number of nitrogens with zero attached hydrogens (tertiary/aromatic N) is 3. The van der Waals surface area contributed by atoms with E-state index in [1.165, 1.54) is 11.3 Å². The van der Waals surface area contributed by atoms with Gasteiger partial charge in [-0.15, -0.1) is 22.7 Å². The third kappa shape index (κ3) is 4.68. The van der Waals surface area contributed by atoms with Crippen molar-refractivity contribution in [3.63, 3.8) is 0 Å². The maximum absolute atomic E-state index is 12.2. The van der Waals surface area contributed by atoms with E-state index >= 15 is 0 Å². The number of fused-ring (bicyclic) bond motifs is 2. The number of hydrogen-bond acceptors (Lipinski definition) is 9. The number of primary amides is 1. The fourth-order valence-electron chi connectivity index (χ4n) is 4.39. The van der Waals surface area contributed by atoms with Gasteiger partial charge >= 0.3 is 6.09 Å². The Morgan fingerprint density at radius 3 is 2.58 bits per heavy atom. The van der Waals surface area contributed by atoms with Gasteiger partial charge in [0, 0.05) is 40.2 Å². The molecule has 0 unspecified atom stereocenters. The van der Waals surface area contributed by atoms with Crippen LogP contribution in [-0.2, 0) is 4.74 Å². The number of hydrogen-bond donors (Lipinski definition) is 3. The number of alkyl carbamates (subject to hydrolysis) is 1. The van der Waals surface area contributed by atoms with Crippen LogP contribution in [0, 0.1) is 0 Å². The number of benzene rings is 1. The van der Waals surface area contributed by atoms with Gasteiger partial charge in [0.25, 0.3) is 5.91 Å². The number of amides is 2. The van der Waals surface area contributed by atoms with E-state index in [1.54, 1.807) is 11.3 Å². The SMILES string of the molecule is CC(C)(C)OC(=O)NC1CCN(c2nc(-c3csc4ccccc34)c3c(N)c(C(N)=O)sc3n2)CC1. The average molecular weight is 525 g/mol. The van der Waals surface area contributed by atoms with Crippen LogP contribution in [0.2, 0.25) is 0 Å². The molecule has 5 N–H and O–H groups in total. The summed E-state index contributed by atoms with van der Waals surface area (Å²) in [7, 11) is 0. The molecule has 5 rings (SSSR count). The maximum atomic E-state index is 12.2. The predicted molar refractivity (Wildman–Crippen MR) is 146 cm³/mol. The lowest BCUT2D eigenvalue weighted by molar-refractivity contribution is 0.0497. The molecular weight excluding hydrogens is 496 g/mol. The molecule has 0 saturated carbocycles. The number of nitrogens with two attached hydrogens (primary N) is 2. The molecule has 3 aromatic heterocycles. The van der Waals surface area contributed by atoms with Gasteiger partial charge in [0.15, 0.2) is 0 Å². The minimum atomic E-state index is -0.577. The molecule has 36 heavy (non-hydrogen) atoms. The molecule has 9 nitrogen and oxygen atoms in total. The van der Waals surface area contributed by atoms with Gasteiger partial charge in [-0.25, -0.2) is 14.8 Å². The highest BCUT2D eigenvalue weighted by molar-refractivity contribution is 7.21. The fourth-order valence-corrected chi connectivity index (χ4v) is 6.28. The van der Waals surface area contributed by atoms with Crippen molar-refractivity contribution in [3.8, 4) is 11.3 Å². The maximum Gasteiger partial charge on any atom is 0.407 e. The van der Waals surface area contributed by atoms with Crippen molar-refractivity contribution in [2.24, 2.45) is 5.73 Å². The summed E-state index contributed by atoms with van der Waals surface area (Å²) < 4.78 is 6.53. The topological polar surface area (TPSA) is 136 Å². The fraction of sp³-hybridized carbons (Fsp3) is 0.360. The molecule has 1 aliphatic rings. The summed E-state index contributed by atoms with van der Waals surface area (Å²) in [4.78, 5) is 37.0. The highest BCUT2D eigenvalue weighted by Gasteiger charge is 2.27. The molecule has 1 fully saturated rings. The first-order valence-corrected chi connectivity index (χ1v) is 13.4. The lowest BCUT2D eigenvalue weighted by atomic mass is 10.1. The first-order valence-electron chi connectivity index (χ1n) is 11.7. The van der Waals surface area contributed by atoms with E-state index in [0.29, 0.717) is 40.6 Å². The Morgan fingerprint density at radius 2 is 1.89 bits per heavy atom. The number of nitrogens with one attached hydrogen (secondary N) is 1. The van der Waals surface area contributed by atoms with Gasteiger partial charge in [-0.1, -0.05) is 18.2 Å². The van der Waals surface area contributed by atoms with Crippen LogP contribution in [0.1, 0.15) is 43.3 Å². The molecule has 2 amide bonds. The van der Waals surface area contributed by atoms with Gasteiger partial charge in [0.05, 0.1) is 16.8 Å². The number of rotatable bonds is 4. The second kappa shape index (κ2) is 9.21. The molecule has 1 saturated heterocycles. The summed E-state index contributed by atoms with van der Waals surface area (Å²) in [5.74, 6) is -0.00650. The third-order valence-corrected chi connectivity index (χ3v) is 8.11. The van der Waals surface area contributed by atoms with E-state index in [2.05, 4.69) is 27.7 Å². The van der Waals surface area contributed by atoms with Crippen LogP contribution in [0.15, 0.2) is 29.6 Å². The van der Waals surface area contributed by atoms with Gasteiger partial charge in [-0.3, -0.25) is 4.79 Å². The zero-order chi connectivity index (χ0) is 25.6. The van der Waals surface area contributed by atoms with E-state index < -0.39 is 17.6 Å². The summed E-state index contributed by atoms with van der Waals surface area (Å²) in [6, 6.07) is 8.13. The first kappa shape index (κ1) is 24.3. The summed E-state index contributed by atoms with van der Waals surface area (Å²) >= 11 is 2.83. The average Bonchev–Trinajstić information content (AvgIpc) is 3.39. The molecule has 4 aromatic rings. The van der Waals surface area contributed by atoms with Crippen LogP contribution in [0.4, 0.5) is 16.4 Å². The number of anilines is 2. The Labute approximate surface area is 216 Å². The summed E-state index contributed by atoms with van der Waals surface area (Å²) in [5, 5.41) is 6.75. The normalized spacial score (nSPS) is 14.9. The zero-order valence-electron chi connectivity index (χ0n) is 20.3. The Kier molecular flexibility index (Phi) is 6.21. The minimum Gasteiger partial charge on any atom is -0.444 e. The van der Waals surface area contributed by atoms with E-state index in [1.807, 2.05) is 32.9 Å². The zero-order valence-corrected chi connectivity index (χ0v) is 22.0. The van der Waals surface area contributed by atoms with Crippen molar-refractivity contribution in [1.29, 1.82) is 0 Å². The van der Waals surface area contributed by atoms with Crippen LogP contribution in [0.3, 0.4) is 0 Å². The summed E-state index contributed by atoms with van der Waals surface area (Å²) in [5.41, 5.74) is 13.4. The second-order valence-corrected chi connectivity index (χ2v) is 11.7. The number of carbonyl (C=O) groups excluding carboxylic acids is 2. The Morgan fingerprint density at radius 1 is 1.17 bits per heavy atom. The van der Waals surface area contributed by atoms with Gasteiger partial charge < -0.3 is 26.4 Å². The number of thiophene rings is 2. The quantitative estimate of drug-likeness (QED) is 0.350. The molecule has 0 bridgehead atoms. The van der Waals surface area contributed by atoms with Gasteiger partial charge in [-0.05, 0) is 39.7 Å². The van der Waals surface area contributed by atoms with Crippen molar-refractivity contribution >= 4 is 66.6 Å². The third-order valence-electron chi connectivity index (χ3n) is 6.04. The highest BCUT2D eigenvalue weighted by atomic mass is 32.1. The monoisotopic (exact) mass is 524 g/mol. The Bertz CT molecular complexity index is 1460. The smallest absolute Gasteiger partial charge is 0.407 e. The molecule has 1 aromatic carbocycles. The minimum absolute atomic E-state index is 0.0129. The van der Waals surface area contributed by atoms with Crippen LogP contribution in [0.25, 0.3) is 31.6 Å². The second-order valence-electron chi connectivity index (χ2n) is 9.81. The van der Waals surface area contributed by atoms with E-state index in [4.69, 9.17) is 26.2 Å². The molecule has 11 heteroatoms. The molecular formula is C25H28N6O3S2. The molecule has 0 spiro atoms. The molecule has 188 valence electrons. The van der Waals surface area contributed by atoms with Gasteiger partial charge in [0.1, 0.15) is 15.3 Å². The molecule has 0 atom stereocenters. The highest BCUT2D eigenvalue weighted by Crippen LogP contribution is 2.43. The van der Waals surface area contributed by atoms with E-state index in [9.17, 15) is 9.59 Å². The largest absolute Gasteiger partial charge is 0.444 e. The molecule has 4 heterocycles. The summed E-state index contributed by atoms with van der Waals surface area (Å²) in [6.07, 6.45) is 1.06. The lowest BCUT2D eigenvalue weighted by Gasteiger charge is -2.33. The molecule has 0 radical (unpaired) electrons. The van der Waals surface area contributed by atoms with E-state index in [-0.39, 0.29) is 10.9 Å². The number of carbonyl (C=O) groups is 2. The number of piperidine rings is 1. The van der Waals surface area contributed by atoms with Crippen molar-refractivity contribution in [2.75, 3.05) is 23.7 Å². The van der Waals surface area contributed by atoms with Crippen LogP contribution >= 0.6 is 22.7 Å². The van der Waals surface area contributed by atoms with E-state index in [0.717, 1.165) is 28.5 Å². The number of aromatic nitrogens is 2. The molecule has 0 aliphatic carbocycles. The Balaban J connectivity index is 1.48. The Hall–Kier alpha value is -3.44.